The molecule has 2 N–H and O–H groups in total. The molecule has 1 amide bonds. The number of methoxy groups -OCH3 is 2. The van der Waals surface area contributed by atoms with Gasteiger partial charge in [-0.15, -0.1) is 0 Å². The number of hydrogen-bond acceptors (Lipinski definition) is 19. The second-order valence-electron chi connectivity index (χ2n) is 20.5. The lowest BCUT2D eigenvalue weighted by Gasteiger charge is -2.38. The molecule has 4 aromatic carbocycles. The van der Waals surface area contributed by atoms with Crippen LogP contribution < -0.4 is 26.0 Å². The first-order chi connectivity index (χ1) is 40.5. The van der Waals surface area contributed by atoms with Gasteiger partial charge in [0, 0.05) is 49.4 Å². The molecule has 0 aliphatic carbocycles. The van der Waals surface area contributed by atoms with E-state index in [0.29, 0.717) is 22.7 Å². The van der Waals surface area contributed by atoms with Gasteiger partial charge in [0.15, 0.2) is 29.1 Å². The summed E-state index contributed by atoms with van der Waals surface area (Å²) in [6.45, 7) is 10.9. The molecule has 9 rings (SSSR count). The number of aryl methyl sites for hydroxylation is 1. The van der Waals surface area contributed by atoms with Crippen molar-refractivity contribution in [3.63, 3.8) is 0 Å². The largest absolute Gasteiger partial charge is 0.497 e. The summed E-state index contributed by atoms with van der Waals surface area (Å²) in [5, 5.41) is 12.3. The first kappa shape index (κ1) is 61.5. The third-order valence-corrected chi connectivity index (χ3v) is 18.7. The van der Waals surface area contributed by atoms with Gasteiger partial charge in [-0.1, -0.05) is 72.8 Å². The Morgan fingerprint density at radius 3 is 2.05 bits per heavy atom. The summed E-state index contributed by atoms with van der Waals surface area (Å²) in [5.41, 5.74) is 0.943. The number of amides is 1. The van der Waals surface area contributed by atoms with Gasteiger partial charge < -0.3 is 51.8 Å². The predicted octanol–water partition coefficient (Wildman–Crippen LogP) is 9.74. The number of carbonyl (C=O) groups is 1. The molecule has 0 bridgehead atoms. The molecular formula is C59H69N9O14P2. The molecule has 84 heavy (non-hydrogen) atoms. The zero-order valence-electron chi connectivity index (χ0n) is 48.1. The van der Waals surface area contributed by atoms with Gasteiger partial charge in [-0.2, -0.15) is 5.26 Å². The quantitative estimate of drug-likeness (QED) is 0.0290. The van der Waals surface area contributed by atoms with E-state index in [1.807, 2.05) is 117 Å². The van der Waals surface area contributed by atoms with E-state index in [-0.39, 0.29) is 61.5 Å². The monoisotopic (exact) mass is 1190 g/mol. The van der Waals surface area contributed by atoms with Crippen LogP contribution in [-0.4, -0.2) is 117 Å². The third kappa shape index (κ3) is 13.4. The molecule has 2 aliphatic rings. The van der Waals surface area contributed by atoms with Crippen LogP contribution in [0.1, 0.15) is 98.9 Å². The van der Waals surface area contributed by atoms with Crippen molar-refractivity contribution in [1.82, 2.24) is 33.7 Å². The number of anilines is 1. The van der Waals surface area contributed by atoms with Crippen LogP contribution in [0.5, 0.6) is 11.5 Å². The fraction of sp³-hybridized carbons (Fsp3) is 0.407. The minimum atomic E-state index is -4.45. The molecule has 2 fully saturated rings. The van der Waals surface area contributed by atoms with Crippen LogP contribution in [0.3, 0.4) is 0 Å². The van der Waals surface area contributed by atoms with Gasteiger partial charge in [-0.05, 0) is 94.6 Å². The Kier molecular flexibility index (Phi) is 20.0. The van der Waals surface area contributed by atoms with Crippen LogP contribution in [0.2, 0.25) is 0 Å². The van der Waals surface area contributed by atoms with Crippen molar-refractivity contribution in [3.8, 4) is 17.6 Å². The van der Waals surface area contributed by atoms with E-state index in [9.17, 15) is 19.6 Å². The molecule has 0 radical (unpaired) electrons. The molecule has 2 aliphatic heterocycles. The summed E-state index contributed by atoms with van der Waals surface area (Å²) in [6, 6.07) is 35.5. The average molecular weight is 1190 g/mol. The average Bonchev–Trinajstić information content (AvgIpc) is 3.49. The molecule has 2 saturated heterocycles. The maximum absolute atomic E-state index is 15.7. The van der Waals surface area contributed by atoms with Crippen LogP contribution in [0.15, 0.2) is 138 Å². The van der Waals surface area contributed by atoms with Crippen molar-refractivity contribution in [2.75, 3.05) is 39.9 Å². The fourth-order valence-electron chi connectivity index (χ4n) is 10.3. The van der Waals surface area contributed by atoms with Gasteiger partial charge in [0.2, 0.25) is 0 Å². The summed E-state index contributed by atoms with van der Waals surface area (Å²) in [4.78, 5) is 55.2. The standard InChI is InChI=1S/C59H69N9O14P2/c1-37(2)68(38(3)4)83(77-30-16-29-60)81-48-32-50(66-33-39(5)55(69)65-58(66)71)80-57(48)78-40(6)84(72,75-9)82-47-31-51(67-36-63-52-53(61-35-62-54(52)67)64-56(70)41-17-12-10-13-18-41)79-49(47)34-76-59(42-19-14-11-15-20-42,43-21-25-45(73-7)26-22-43)44-23-27-46(74-8)28-24-44/h10-15,17-28,33,35-38,40,47-51,57H,16,30-32,34H2,1-9H3,(H,65,69,71)(H,61,62,64,70)/t40?,47-,48-,49-,50-,51-,57+,83?,84?/m1/s1. The Labute approximate surface area is 487 Å². The van der Waals surface area contributed by atoms with Crippen molar-refractivity contribution >= 4 is 39.0 Å². The van der Waals surface area contributed by atoms with E-state index in [1.54, 1.807) is 50.0 Å². The number of hydrogen-bond donors (Lipinski definition) is 2. The lowest BCUT2D eigenvalue weighted by atomic mass is 9.80. The molecule has 3 aromatic heterocycles. The van der Waals surface area contributed by atoms with Crippen molar-refractivity contribution in [3.05, 3.63) is 177 Å². The van der Waals surface area contributed by atoms with E-state index < -0.39 is 81.8 Å². The molecule has 0 saturated carbocycles. The van der Waals surface area contributed by atoms with Gasteiger partial charge in [0.25, 0.3) is 20.0 Å². The molecule has 7 aromatic rings. The topological polar surface area (TPSA) is 264 Å². The zero-order valence-corrected chi connectivity index (χ0v) is 49.9. The highest BCUT2D eigenvalue weighted by atomic mass is 31.2. The highest BCUT2D eigenvalue weighted by Crippen LogP contribution is 2.58. The number of nitriles is 1. The van der Waals surface area contributed by atoms with Gasteiger partial charge in [0.1, 0.15) is 54.2 Å². The Balaban J connectivity index is 1.08. The summed E-state index contributed by atoms with van der Waals surface area (Å²) < 4.78 is 85.1. The number of nitrogens with zero attached hydrogens (tertiary/aromatic N) is 7. The first-order valence-electron chi connectivity index (χ1n) is 27.4. The van der Waals surface area contributed by atoms with E-state index >= 15 is 4.57 Å². The lowest BCUT2D eigenvalue weighted by molar-refractivity contribution is -0.183. The Morgan fingerprint density at radius 1 is 0.833 bits per heavy atom. The van der Waals surface area contributed by atoms with Gasteiger partial charge in [-0.25, -0.2) is 24.4 Å². The number of nitrogens with one attached hydrogen (secondary N) is 2. The summed E-state index contributed by atoms with van der Waals surface area (Å²) >= 11 is 0. The SMILES string of the molecule is COc1ccc(C(OC[C@H]2O[C@@H](n3cnc4c(NC(=O)c5ccccc5)ncnc43)C[C@H]2OP(=O)(OC)C(C)O[C@H]2O[C@@H](n3cc(C)c(=O)[nH]c3=O)C[C@H]2OP(OCCC#N)N(C(C)C)C(C)C)(c2ccccc2)c2ccc(OC)cc2)cc1. The molecule has 5 heterocycles. The maximum Gasteiger partial charge on any atom is 0.359 e. The number of rotatable bonds is 26. The number of aromatic amines is 1. The van der Waals surface area contributed by atoms with Crippen LogP contribution in [-0.2, 0) is 47.2 Å². The second-order valence-corrected chi connectivity index (χ2v) is 24.3. The second kappa shape index (κ2) is 27.3. The number of carbonyl (C=O) groups excluding carboxylic acids is 1. The Hall–Kier alpha value is -7.03. The van der Waals surface area contributed by atoms with Crippen LogP contribution in [0.25, 0.3) is 11.2 Å². The molecule has 444 valence electrons. The normalized spacial score (nSPS) is 20.5. The number of benzene rings is 4. The molecule has 9 atom stereocenters. The van der Waals surface area contributed by atoms with Crippen LogP contribution in [0, 0.1) is 18.3 Å². The summed E-state index contributed by atoms with van der Waals surface area (Å²) in [6.07, 6.45) is -1.93. The van der Waals surface area contributed by atoms with Gasteiger partial charge in [-0.3, -0.25) is 28.3 Å². The first-order valence-corrected chi connectivity index (χ1v) is 30.1. The van der Waals surface area contributed by atoms with Crippen molar-refractivity contribution in [2.45, 2.75) is 121 Å². The Morgan fingerprint density at radius 2 is 1.44 bits per heavy atom. The molecule has 0 spiro atoms. The van der Waals surface area contributed by atoms with Crippen molar-refractivity contribution in [1.29, 1.82) is 5.26 Å². The third-order valence-electron chi connectivity index (χ3n) is 14.4. The number of fused-ring (bicyclic) bond motifs is 1. The summed E-state index contributed by atoms with van der Waals surface area (Å²) in [7, 11) is -1.90. The van der Waals surface area contributed by atoms with Crippen LogP contribution in [0.4, 0.5) is 5.82 Å². The lowest BCUT2D eigenvalue weighted by Crippen LogP contribution is -2.39. The van der Waals surface area contributed by atoms with E-state index in [4.69, 9.17) is 46.5 Å². The fourth-order valence-corrected chi connectivity index (χ4v) is 13.4. The van der Waals surface area contributed by atoms with E-state index in [1.165, 1.54) is 37.5 Å². The highest BCUT2D eigenvalue weighted by Gasteiger charge is 2.50. The highest BCUT2D eigenvalue weighted by molar-refractivity contribution is 7.54. The number of ether oxygens (including phenoxy) is 6. The van der Waals surface area contributed by atoms with Gasteiger partial charge in [0.05, 0.1) is 46.3 Å². The van der Waals surface area contributed by atoms with E-state index in [2.05, 4.69) is 31.3 Å². The molecule has 3 unspecified atom stereocenters. The number of aromatic nitrogens is 6. The maximum atomic E-state index is 15.7. The van der Waals surface area contributed by atoms with Crippen molar-refractivity contribution < 1.29 is 55.9 Å². The smallest absolute Gasteiger partial charge is 0.359 e. The minimum Gasteiger partial charge on any atom is -0.497 e. The molecule has 25 heteroatoms. The Bertz CT molecular complexity index is 3490. The van der Waals surface area contributed by atoms with Gasteiger partial charge >= 0.3 is 13.3 Å². The zero-order chi connectivity index (χ0) is 59.7. The van der Waals surface area contributed by atoms with Crippen molar-refractivity contribution in [2.24, 2.45) is 0 Å². The molecular weight excluding hydrogens is 1120 g/mol. The predicted molar refractivity (Wildman–Crippen MR) is 311 cm³/mol. The van der Waals surface area contributed by atoms with Crippen LogP contribution >= 0.6 is 16.1 Å². The number of imidazole rings is 1. The summed E-state index contributed by atoms with van der Waals surface area (Å²) in [5.74, 6) is -0.354. The number of H-pyrrole nitrogens is 1. The minimum absolute atomic E-state index is 0.0224. The molecule has 23 nitrogen and oxygen atoms in total. The van der Waals surface area contributed by atoms with E-state index in [0.717, 1.165) is 16.7 Å².